The van der Waals surface area contributed by atoms with E-state index in [-0.39, 0.29) is 6.54 Å². The molecule has 2 aromatic heterocycles. The van der Waals surface area contributed by atoms with E-state index in [0.717, 1.165) is 27.4 Å². The number of rotatable bonds is 4. The van der Waals surface area contributed by atoms with E-state index in [4.69, 9.17) is 0 Å². The molecule has 1 N–H and O–H groups in total. The van der Waals surface area contributed by atoms with Crippen LogP contribution in [0, 0.1) is 6.92 Å². The van der Waals surface area contributed by atoms with Crippen LogP contribution in [0.5, 0.6) is 0 Å². The predicted octanol–water partition coefficient (Wildman–Crippen LogP) is 1.56. The molecule has 0 aliphatic heterocycles. The van der Waals surface area contributed by atoms with Crippen molar-refractivity contribution in [3.05, 3.63) is 35.1 Å². The van der Waals surface area contributed by atoms with Crippen LogP contribution in [0.2, 0.25) is 0 Å². The van der Waals surface area contributed by atoms with Gasteiger partial charge in [-0.15, -0.1) is 11.3 Å². The van der Waals surface area contributed by atoms with Crippen LogP contribution >= 0.6 is 11.3 Å². The Bertz CT molecular complexity index is 636. The van der Waals surface area contributed by atoms with E-state index < -0.39 is 10.0 Å². The van der Waals surface area contributed by atoms with Crippen LogP contribution < -0.4 is 4.72 Å². The van der Waals surface area contributed by atoms with Gasteiger partial charge in [-0.3, -0.25) is 4.98 Å². The van der Waals surface area contributed by atoms with Crippen LogP contribution in [0.1, 0.15) is 10.6 Å². The quantitative estimate of drug-likeness (QED) is 0.924. The number of pyridine rings is 1. The van der Waals surface area contributed by atoms with Gasteiger partial charge in [-0.2, -0.15) is 0 Å². The van der Waals surface area contributed by atoms with Gasteiger partial charge in [0.25, 0.3) is 0 Å². The molecule has 96 valence electrons. The fourth-order valence-corrected chi connectivity index (χ4v) is 2.89. The van der Waals surface area contributed by atoms with Crippen LogP contribution in [-0.4, -0.2) is 24.6 Å². The molecule has 0 saturated heterocycles. The number of aryl methyl sites for hydroxylation is 1. The minimum Gasteiger partial charge on any atom is -0.264 e. The molecule has 0 radical (unpaired) electrons. The average molecular weight is 283 g/mol. The number of hydrogen-bond acceptors (Lipinski definition) is 5. The van der Waals surface area contributed by atoms with Crippen molar-refractivity contribution < 1.29 is 8.42 Å². The molecule has 0 unspecified atom stereocenters. The first kappa shape index (κ1) is 13.1. The van der Waals surface area contributed by atoms with Crippen LogP contribution in [0.3, 0.4) is 0 Å². The molecule has 0 saturated carbocycles. The molecule has 0 aliphatic carbocycles. The van der Waals surface area contributed by atoms with Crippen molar-refractivity contribution in [3.8, 4) is 10.6 Å². The van der Waals surface area contributed by atoms with E-state index in [1.54, 1.807) is 12.4 Å². The van der Waals surface area contributed by atoms with Crippen molar-refractivity contribution in [2.45, 2.75) is 13.5 Å². The highest BCUT2D eigenvalue weighted by molar-refractivity contribution is 7.88. The molecule has 5 nitrogen and oxygen atoms in total. The zero-order valence-corrected chi connectivity index (χ0v) is 11.7. The summed E-state index contributed by atoms with van der Waals surface area (Å²) in [6, 6.07) is 3.78. The molecule has 0 aliphatic rings. The molecule has 0 spiro atoms. The van der Waals surface area contributed by atoms with Crippen LogP contribution in [0.25, 0.3) is 10.6 Å². The van der Waals surface area contributed by atoms with Gasteiger partial charge >= 0.3 is 0 Å². The minimum absolute atomic E-state index is 0.280. The summed E-state index contributed by atoms with van der Waals surface area (Å²) in [5.74, 6) is 0. The number of nitrogens with one attached hydrogen (secondary N) is 1. The molecule has 18 heavy (non-hydrogen) atoms. The first-order chi connectivity index (χ1) is 8.46. The molecule has 7 heteroatoms. The van der Waals surface area contributed by atoms with Gasteiger partial charge < -0.3 is 0 Å². The van der Waals surface area contributed by atoms with Crippen molar-refractivity contribution in [1.82, 2.24) is 14.7 Å². The Kier molecular flexibility index (Phi) is 3.74. The third-order valence-electron chi connectivity index (χ3n) is 2.30. The van der Waals surface area contributed by atoms with Crippen molar-refractivity contribution in [2.75, 3.05) is 6.26 Å². The molecule has 2 aromatic rings. The van der Waals surface area contributed by atoms with E-state index in [1.807, 2.05) is 19.1 Å². The smallest absolute Gasteiger partial charge is 0.209 e. The number of hydrogen-bond donors (Lipinski definition) is 1. The van der Waals surface area contributed by atoms with Gasteiger partial charge in [-0.25, -0.2) is 18.1 Å². The lowest BCUT2D eigenvalue weighted by molar-refractivity contribution is 0.588. The van der Waals surface area contributed by atoms with Gasteiger partial charge in [-0.05, 0) is 19.1 Å². The third-order valence-corrected chi connectivity index (χ3v) is 4.17. The van der Waals surface area contributed by atoms with Gasteiger partial charge in [0.2, 0.25) is 10.0 Å². The molecular weight excluding hydrogens is 270 g/mol. The monoisotopic (exact) mass is 283 g/mol. The van der Waals surface area contributed by atoms with Crippen LogP contribution in [-0.2, 0) is 16.6 Å². The molecule has 0 fully saturated rings. The summed E-state index contributed by atoms with van der Waals surface area (Å²) >= 11 is 1.48. The van der Waals surface area contributed by atoms with E-state index in [9.17, 15) is 8.42 Å². The van der Waals surface area contributed by atoms with Crippen molar-refractivity contribution in [2.24, 2.45) is 0 Å². The Morgan fingerprint density at radius 1 is 1.44 bits per heavy atom. The zero-order valence-electron chi connectivity index (χ0n) is 10.0. The first-order valence-electron chi connectivity index (χ1n) is 5.27. The molecule has 0 atom stereocenters. The second kappa shape index (κ2) is 5.13. The first-order valence-corrected chi connectivity index (χ1v) is 7.98. The summed E-state index contributed by atoms with van der Waals surface area (Å²) in [4.78, 5) is 9.38. The Balaban J connectivity index is 2.23. The average Bonchev–Trinajstić information content (AvgIpc) is 2.68. The Morgan fingerprint density at radius 3 is 2.83 bits per heavy atom. The third kappa shape index (κ3) is 3.34. The number of thiazole rings is 1. The molecular formula is C11H13N3O2S2. The Labute approximate surface area is 110 Å². The summed E-state index contributed by atoms with van der Waals surface area (Å²) in [5.41, 5.74) is 1.78. The summed E-state index contributed by atoms with van der Waals surface area (Å²) in [7, 11) is -3.18. The standard InChI is InChI=1S/C11H13N3O2S2/c1-8-10(7-13-18(2,15)16)17-11(14-8)9-4-3-5-12-6-9/h3-6,13H,7H2,1-2H3. The SMILES string of the molecule is Cc1nc(-c2cccnc2)sc1CNS(C)(=O)=O. The normalized spacial score (nSPS) is 11.7. The van der Waals surface area contributed by atoms with E-state index >= 15 is 0 Å². The van der Waals surface area contributed by atoms with Crippen molar-refractivity contribution in [1.29, 1.82) is 0 Å². The van der Waals surface area contributed by atoms with E-state index in [0.29, 0.717) is 0 Å². The second-order valence-corrected chi connectivity index (χ2v) is 6.78. The highest BCUT2D eigenvalue weighted by atomic mass is 32.2. The lowest BCUT2D eigenvalue weighted by atomic mass is 10.3. The van der Waals surface area contributed by atoms with Gasteiger partial charge in [0.05, 0.1) is 11.9 Å². The zero-order chi connectivity index (χ0) is 13.2. The lowest BCUT2D eigenvalue weighted by Gasteiger charge is -1.99. The maximum absolute atomic E-state index is 11.1. The number of sulfonamides is 1. The maximum Gasteiger partial charge on any atom is 0.209 e. The van der Waals surface area contributed by atoms with Gasteiger partial charge in [-0.1, -0.05) is 0 Å². The van der Waals surface area contributed by atoms with E-state index in [1.165, 1.54) is 11.3 Å². The summed E-state index contributed by atoms with van der Waals surface area (Å²) in [6.45, 7) is 2.15. The van der Waals surface area contributed by atoms with E-state index in [2.05, 4.69) is 14.7 Å². The van der Waals surface area contributed by atoms with Crippen LogP contribution in [0.15, 0.2) is 24.5 Å². The summed E-state index contributed by atoms with van der Waals surface area (Å²) in [5, 5.41) is 0.853. The maximum atomic E-state index is 11.1. The predicted molar refractivity (Wildman–Crippen MR) is 71.8 cm³/mol. The second-order valence-electron chi connectivity index (χ2n) is 3.86. The van der Waals surface area contributed by atoms with Crippen molar-refractivity contribution in [3.63, 3.8) is 0 Å². The molecule has 0 aromatic carbocycles. The highest BCUT2D eigenvalue weighted by Crippen LogP contribution is 2.27. The number of aromatic nitrogens is 2. The van der Waals surface area contributed by atoms with Crippen LogP contribution in [0.4, 0.5) is 0 Å². The molecule has 2 heterocycles. The minimum atomic E-state index is -3.18. The van der Waals surface area contributed by atoms with Crippen molar-refractivity contribution >= 4 is 21.4 Å². The lowest BCUT2D eigenvalue weighted by Crippen LogP contribution is -2.20. The van der Waals surface area contributed by atoms with Gasteiger partial charge in [0.15, 0.2) is 0 Å². The molecule has 0 amide bonds. The molecule has 2 rings (SSSR count). The van der Waals surface area contributed by atoms with Gasteiger partial charge in [0.1, 0.15) is 5.01 Å². The summed E-state index contributed by atoms with van der Waals surface area (Å²) in [6.07, 6.45) is 4.59. The largest absolute Gasteiger partial charge is 0.264 e. The fourth-order valence-electron chi connectivity index (χ4n) is 1.40. The molecule has 0 bridgehead atoms. The Morgan fingerprint density at radius 2 is 2.22 bits per heavy atom. The van der Waals surface area contributed by atoms with Gasteiger partial charge in [0, 0.05) is 29.4 Å². The highest BCUT2D eigenvalue weighted by Gasteiger charge is 2.11. The fraction of sp³-hybridized carbons (Fsp3) is 0.273. The Hall–Kier alpha value is -1.31. The number of nitrogens with zero attached hydrogens (tertiary/aromatic N) is 2. The summed E-state index contributed by atoms with van der Waals surface area (Å²) < 4.78 is 24.6. The topological polar surface area (TPSA) is 72.0 Å².